The molecule has 3 N–H and O–H groups in total. The van der Waals surface area contributed by atoms with Gasteiger partial charge in [0.2, 0.25) is 0 Å². The maximum absolute atomic E-state index is 12.3. The van der Waals surface area contributed by atoms with Crippen molar-refractivity contribution in [2.24, 2.45) is 0 Å². The summed E-state index contributed by atoms with van der Waals surface area (Å²) >= 11 is 0. The Labute approximate surface area is 121 Å². The Morgan fingerprint density at radius 2 is 2.14 bits per heavy atom. The van der Waals surface area contributed by atoms with E-state index in [1.807, 2.05) is 36.4 Å². The van der Waals surface area contributed by atoms with E-state index >= 15 is 0 Å². The summed E-state index contributed by atoms with van der Waals surface area (Å²) < 4.78 is 0. The summed E-state index contributed by atoms with van der Waals surface area (Å²) in [6, 6.07) is 11.5. The summed E-state index contributed by atoms with van der Waals surface area (Å²) in [5.41, 5.74) is 4.74. The van der Waals surface area contributed by atoms with Gasteiger partial charge in [0.25, 0.3) is 5.91 Å². The average molecular weight is 278 g/mol. The molecule has 0 bridgehead atoms. The molecule has 2 heterocycles. The predicted molar refractivity (Wildman–Crippen MR) is 82.7 cm³/mol. The van der Waals surface area contributed by atoms with Crippen molar-refractivity contribution in [3.63, 3.8) is 0 Å². The molecule has 1 aromatic heterocycles. The van der Waals surface area contributed by atoms with Gasteiger partial charge in [-0.25, -0.2) is 0 Å². The lowest BCUT2D eigenvalue weighted by Crippen LogP contribution is -2.12. The number of nitrogens with one attached hydrogen (secondary N) is 3. The molecule has 0 atom stereocenters. The zero-order valence-corrected chi connectivity index (χ0v) is 11.3. The van der Waals surface area contributed by atoms with Crippen LogP contribution in [0.4, 0.5) is 11.4 Å². The van der Waals surface area contributed by atoms with E-state index in [-0.39, 0.29) is 5.91 Å². The minimum Gasteiger partial charge on any atom is -0.384 e. The van der Waals surface area contributed by atoms with Crippen molar-refractivity contribution in [2.45, 2.75) is 6.42 Å². The number of nitrogens with zero attached hydrogens (tertiary/aromatic N) is 1. The number of amides is 1. The summed E-state index contributed by atoms with van der Waals surface area (Å²) in [6.07, 6.45) is 2.71. The first-order valence-electron chi connectivity index (χ1n) is 6.91. The van der Waals surface area contributed by atoms with Crippen molar-refractivity contribution in [1.29, 1.82) is 0 Å². The fraction of sp³-hybridized carbons (Fsp3) is 0.125. The number of carbonyl (C=O) groups is 1. The average Bonchev–Trinajstić information content (AvgIpc) is 3.14. The van der Waals surface area contributed by atoms with Gasteiger partial charge < -0.3 is 10.6 Å². The second-order valence-electron chi connectivity index (χ2n) is 5.17. The normalized spacial score (nSPS) is 13.0. The quantitative estimate of drug-likeness (QED) is 0.675. The number of carbonyl (C=O) groups excluding carboxylic acids is 1. The van der Waals surface area contributed by atoms with E-state index < -0.39 is 0 Å². The molecule has 0 aliphatic carbocycles. The number of benzene rings is 2. The number of aromatic amines is 1. The Kier molecular flexibility index (Phi) is 2.64. The van der Waals surface area contributed by atoms with Crippen LogP contribution < -0.4 is 10.6 Å². The summed E-state index contributed by atoms with van der Waals surface area (Å²) in [6.45, 7) is 0.942. The Balaban J connectivity index is 1.59. The number of fused-ring (bicyclic) bond motifs is 2. The summed E-state index contributed by atoms with van der Waals surface area (Å²) in [4.78, 5) is 12.3. The zero-order chi connectivity index (χ0) is 14.2. The Bertz CT molecular complexity index is 837. The van der Waals surface area contributed by atoms with Gasteiger partial charge in [-0.2, -0.15) is 5.10 Å². The highest BCUT2D eigenvalue weighted by atomic mass is 16.1. The number of aromatic nitrogens is 2. The molecule has 1 aliphatic heterocycles. The van der Waals surface area contributed by atoms with E-state index in [1.54, 1.807) is 6.20 Å². The molecular weight excluding hydrogens is 264 g/mol. The molecule has 1 aliphatic rings. The number of rotatable bonds is 2. The molecule has 2 aromatic carbocycles. The van der Waals surface area contributed by atoms with Gasteiger partial charge in [0.15, 0.2) is 0 Å². The van der Waals surface area contributed by atoms with Crippen molar-refractivity contribution >= 4 is 28.2 Å². The third-order valence-electron chi connectivity index (χ3n) is 3.78. The van der Waals surface area contributed by atoms with Gasteiger partial charge in [-0.15, -0.1) is 0 Å². The predicted octanol–water partition coefficient (Wildman–Crippen LogP) is 2.78. The monoisotopic (exact) mass is 278 g/mol. The molecular formula is C16H14N4O. The first-order valence-corrected chi connectivity index (χ1v) is 6.91. The van der Waals surface area contributed by atoms with Gasteiger partial charge in [-0.1, -0.05) is 0 Å². The molecule has 21 heavy (non-hydrogen) atoms. The molecule has 3 aromatic rings. The summed E-state index contributed by atoms with van der Waals surface area (Å²) in [7, 11) is 0. The SMILES string of the molecule is O=C(Nc1ccc2[nH]ncc2c1)c1ccc2c(c1)CCN2. The Hall–Kier alpha value is -2.82. The van der Waals surface area contributed by atoms with Crippen molar-refractivity contribution in [3.05, 3.63) is 53.7 Å². The lowest BCUT2D eigenvalue weighted by atomic mass is 10.1. The Morgan fingerprint density at radius 1 is 1.19 bits per heavy atom. The van der Waals surface area contributed by atoms with Crippen LogP contribution in [0.25, 0.3) is 10.9 Å². The van der Waals surface area contributed by atoms with Crippen LogP contribution in [0.15, 0.2) is 42.6 Å². The molecule has 5 nitrogen and oxygen atoms in total. The molecule has 5 heteroatoms. The van der Waals surface area contributed by atoms with Gasteiger partial charge >= 0.3 is 0 Å². The topological polar surface area (TPSA) is 69.8 Å². The first kappa shape index (κ1) is 12.0. The van der Waals surface area contributed by atoms with E-state index in [9.17, 15) is 4.79 Å². The molecule has 104 valence electrons. The van der Waals surface area contributed by atoms with Crippen LogP contribution in [0.2, 0.25) is 0 Å². The van der Waals surface area contributed by atoms with Crippen LogP contribution >= 0.6 is 0 Å². The van der Waals surface area contributed by atoms with Gasteiger partial charge in [-0.05, 0) is 48.4 Å². The van der Waals surface area contributed by atoms with Gasteiger partial charge in [-0.3, -0.25) is 9.89 Å². The molecule has 0 saturated carbocycles. The number of H-pyrrole nitrogens is 1. The lowest BCUT2D eigenvalue weighted by Gasteiger charge is -2.07. The highest BCUT2D eigenvalue weighted by molar-refractivity contribution is 6.05. The molecule has 0 unspecified atom stereocenters. The summed E-state index contributed by atoms with van der Waals surface area (Å²) in [5, 5.41) is 14.1. The third-order valence-corrected chi connectivity index (χ3v) is 3.78. The van der Waals surface area contributed by atoms with E-state index in [2.05, 4.69) is 20.8 Å². The van der Waals surface area contributed by atoms with E-state index in [1.165, 1.54) is 5.56 Å². The zero-order valence-electron chi connectivity index (χ0n) is 11.3. The van der Waals surface area contributed by atoms with Crippen LogP contribution in [-0.2, 0) is 6.42 Å². The fourth-order valence-electron chi connectivity index (χ4n) is 2.67. The molecule has 4 rings (SSSR count). The standard InChI is InChI=1S/C16H14N4O/c21-16(11-1-3-14-10(7-11)5-6-17-14)19-13-2-4-15-12(8-13)9-18-20-15/h1-4,7-9,17H,5-6H2,(H,18,20)(H,19,21). The molecule has 1 amide bonds. The maximum atomic E-state index is 12.3. The van der Waals surface area contributed by atoms with Gasteiger partial charge in [0, 0.05) is 28.9 Å². The molecule has 0 saturated heterocycles. The first-order chi connectivity index (χ1) is 10.3. The van der Waals surface area contributed by atoms with Crippen LogP contribution in [0.1, 0.15) is 15.9 Å². The fourth-order valence-corrected chi connectivity index (χ4v) is 2.67. The van der Waals surface area contributed by atoms with Crippen molar-refractivity contribution in [3.8, 4) is 0 Å². The van der Waals surface area contributed by atoms with E-state index in [4.69, 9.17) is 0 Å². The van der Waals surface area contributed by atoms with Crippen molar-refractivity contribution in [2.75, 3.05) is 17.2 Å². The van der Waals surface area contributed by atoms with Gasteiger partial charge in [0.05, 0.1) is 11.7 Å². The second-order valence-corrected chi connectivity index (χ2v) is 5.17. The summed E-state index contributed by atoms with van der Waals surface area (Å²) in [5.74, 6) is -0.0902. The number of hydrogen-bond acceptors (Lipinski definition) is 3. The maximum Gasteiger partial charge on any atom is 0.255 e. The second kappa shape index (κ2) is 4.63. The smallest absolute Gasteiger partial charge is 0.255 e. The van der Waals surface area contributed by atoms with Crippen molar-refractivity contribution < 1.29 is 4.79 Å². The third kappa shape index (κ3) is 2.12. The Morgan fingerprint density at radius 3 is 3.10 bits per heavy atom. The minimum absolute atomic E-state index is 0.0902. The van der Waals surface area contributed by atoms with Crippen LogP contribution in [-0.4, -0.2) is 22.6 Å². The van der Waals surface area contributed by atoms with Crippen LogP contribution in [0, 0.1) is 0 Å². The molecule has 0 fully saturated rings. The largest absolute Gasteiger partial charge is 0.384 e. The molecule has 0 spiro atoms. The number of hydrogen-bond donors (Lipinski definition) is 3. The van der Waals surface area contributed by atoms with Gasteiger partial charge in [0.1, 0.15) is 0 Å². The van der Waals surface area contributed by atoms with Crippen LogP contribution in [0.3, 0.4) is 0 Å². The number of anilines is 2. The van der Waals surface area contributed by atoms with E-state index in [0.717, 1.165) is 35.2 Å². The highest BCUT2D eigenvalue weighted by Gasteiger charge is 2.13. The lowest BCUT2D eigenvalue weighted by molar-refractivity contribution is 0.102. The molecule has 0 radical (unpaired) electrons. The van der Waals surface area contributed by atoms with Crippen LogP contribution in [0.5, 0.6) is 0 Å². The highest BCUT2D eigenvalue weighted by Crippen LogP contribution is 2.24. The minimum atomic E-state index is -0.0902. The van der Waals surface area contributed by atoms with Crippen molar-refractivity contribution in [1.82, 2.24) is 10.2 Å². The van der Waals surface area contributed by atoms with E-state index in [0.29, 0.717) is 5.56 Å².